The molecule has 0 unspecified atom stereocenters. The van der Waals surface area contributed by atoms with Gasteiger partial charge < -0.3 is 15.3 Å². The number of hydrogen-bond acceptors (Lipinski definition) is 2. The van der Waals surface area contributed by atoms with E-state index in [1.165, 1.54) is 0 Å². The first-order valence-corrected chi connectivity index (χ1v) is 6.77. The highest BCUT2D eigenvalue weighted by Crippen LogP contribution is 2.37. The lowest BCUT2D eigenvalue weighted by molar-refractivity contribution is -0.136. The summed E-state index contributed by atoms with van der Waals surface area (Å²) < 4.78 is 0. The Balaban J connectivity index is 2.33. The summed E-state index contributed by atoms with van der Waals surface area (Å²) in [5, 5.41) is 11.2. The molecule has 0 aromatic rings. The maximum Gasteiger partial charge on any atom is 0.317 e. The Labute approximate surface area is 109 Å². The molecule has 1 aliphatic heterocycles. The zero-order chi connectivity index (χ0) is 13.6. The molecular formula is C13H24N2O3. The van der Waals surface area contributed by atoms with E-state index in [0.29, 0.717) is 5.41 Å². The molecule has 1 rings (SSSR count). The minimum Gasteiger partial charge on any atom is -0.481 e. The fraction of sp³-hybridized carbons (Fsp3) is 0.846. The number of likely N-dealkylation sites (tertiary alicyclic amines) is 1. The third-order valence-corrected chi connectivity index (χ3v) is 4.23. The smallest absolute Gasteiger partial charge is 0.317 e. The fourth-order valence-corrected chi connectivity index (χ4v) is 2.53. The van der Waals surface area contributed by atoms with Crippen LogP contribution in [0, 0.1) is 5.41 Å². The van der Waals surface area contributed by atoms with Crippen molar-refractivity contribution >= 4 is 12.0 Å². The van der Waals surface area contributed by atoms with Crippen LogP contribution in [0.2, 0.25) is 0 Å². The van der Waals surface area contributed by atoms with E-state index < -0.39 is 5.97 Å². The third-order valence-electron chi connectivity index (χ3n) is 4.23. The highest BCUT2D eigenvalue weighted by atomic mass is 16.4. The molecule has 0 aromatic heterocycles. The summed E-state index contributed by atoms with van der Waals surface area (Å²) in [6, 6.07) is -0.128. The second-order valence-corrected chi connectivity index (χ2v) is 5.07. The van der Waals surface area contributed by atoms with Crippen molar-refractivity contribution in [1.29, 1.82) is 0 Å². The van der Waals surface area contributed by atoms with E-state index in [9.17, 15) is 9.59 Å². The van der Waals surface area contributed by atoms with Gasteiger partial charge in [-0.15, -0.1) is 0 Å². The number of urea groups is 1. The third kappa shape index (κ3) is 3.89. The number of nitrogens with zero attached hydrogens (tertiary/aromatic N) is 1. The van der Waals surface area contributed by atoms with Gasteiger partial charge in [0, 0.05) is 19.6 Å². The Hall–Kier alpha value is -1.26. The van der Waals surface area contributed by atoms with Crippen LogP contribution in [-0.2, 0) is 4.79 Å². The monoisotopic (exact) mass is 256 g/mol. The quantitative estimate of drug-likeness (QED) is 0.791. The molecule has 1 fully saturated rings. The average molecular weight is 256 g/mol. The van der Waals surface area contributed by atoms with Crippen molar-refractivity contribution in [2.75, 3.05) is 19.6 Å². The van der Waals surface area contributed by atoms with Crippen LogP contribution in [0.5, 0.6) is 0 Å². The highest BCUT2D eigenvalue weighted by Gasteiger charge is 2.32. The van der Waals surface area contributed by atoms with Crippen LogP contribution in [0.3, 0.4) is 0 Å². The van der Waals surface area contributed by atoms with Crippen molar-refractivity contribution in [2.45, 2.75) is 46.0 Å². The van der Waals surface area contributed by atoms with E-state index in [1.54, 1.807) is 4.90 Å². The number of carbonyl (C=O) groups excluding carboxylic acids is 1. The summed E-state index contributed by atoms with van der Waals surface area (Å²) in [5.41, 5.74) is 0.401. The number of piperidine rings is 1. The van der Waals surface area contributed by atoms with Crippen molar-refractivity contribution in [3.05, 3.63) is 0 Å². The molecule has 1 saturated heterocycles. The molecule has 1 aliphatic rings. The summed E-state index contributed by atoms with van der Waals surface area (Å²) in [7, 11) is 0. The summed E-state index contributed by atoms with van der Waals surface area (Å²) >= 11 is 0. The number of carboxylic acid groups (broad SMARTS) is 1. The summed E-state index contributed by atoms with van der Waals surface area (Å²) in [6.45, 7) is 6.19. The lowest BCUT2D eigenvalue weighted by Crippen LogP contribution is -2.47. The number of carboxylic acids is 1. The number of hydrogen-bond donors (Lipinski definition) is 2. The molecule has 0 radical (unpaired) electrons. The second kappa shape index (κ2) is 6.61. The first-order valence-electron chi connectivity index (χ1n) is 6.77. The fourth-order valence-electron chi connectivity index (χ4n) is 2.53. The van der Waals surface area contributed by atoms with Gasteiger partial charge in [0.1, 0.15) is 0 Å². The minimum absolute atomic E-state index is 0.0204. The van der Waals surface area contributed by atoms with Gasteiger partial charge in [0.05, 0.1) is 6.42 Å². The van der Waals surface area contributed by atoms with Gasteiger partial charge >= 0.3 is 12.0 Å². The zero-order valence-corrected chi connectivity index (χ0v) is 11.4. The predicted octanol–water partition coefficient (Wildman–Crippen LogP) is 2.07. The van der Waals surface area contributed by atoms with Crippen LogP contribution in [-0.4, -0.2) is 41.6 Å². The molecule has 18 heavy (non-hydrogen) atoms. The molecule has 0 aliphatic carbocycles. The molecule has 5 nitrogen and oxygen atoms in total. The van der Waals surface area contributed by atoms with Gasteiger partial charge in [-0.25, -0.2) is 4.79 Å². The van der Waals surface area contributed by atoms with Crippen molar-refractivity contribution < 1.29 is 14.7 Å². The molecule has 104 valence electrons. The van der Waals surface area contributed by atoms with E-state index >= 15 is 0 Å². The lowest BCUT2D eigenvalue weighted by atomic mass is 9.74. The topological polar surface area (TPSA) is 69.6 Å². The summed E-state index contributed by atoms with van der Waals surface area (Å²) in [4.78, 5) is 23.9. The van der Waals surface area contributed by atoms with Crippen molar-refractivity contribution in [3.63, 3.8) is 0 Å². The van der Waals surface area contributed by atoms with Gasteiger partial charge in [0.2, 0.25) is 0 Å². The zero-order valence-electron chi connectivity index (χ0n) is 11.4. The number of nitrogens with one attached hydrogen (secondary N) is 1. The Morgan fingerprint density at radius 1 is 1.22 bits per heavy atom. The first kappa shape index (κ1) is 14.8. The number of carbonyl (C=O) groups is 2. The number of aliphatic carboxylic acids is 1. The van der Waals surface area contributed by atoms with Crippen molar-refractivity contribution in [2.24, 2.45) is 5.41 Å². The van der Waals surface area contributed by atoms with Gasteiger partial charge in [-0.3, -0.25) is 4.79 Å². The normalized spacial score (nSPS) is 18.4. The summed E-state index contributed by atoms with van der Waals surface area (Å²) in [5.74, 6) is -0.884. The Morgan fingerprint density at radius 2 is 1.78 bits per heavy atom. The van der Waals surface area contributed by atoms with Gasteiger partial charge in [0.15, 0.2) is 0 Å². The van der Waals surface area contributed by atoms with Crippen LogP contribution in [0.15, 0.2) is 0 Å². The van der Waals surface area contributed by atoms with E-state index in [2.05, 4.69) is 19.2 Å². The van der Waals surface area contributed by atoms with Crippen LogP contribution in [0.4, 0.5) is 4.79 Å². The SMILES string of the molecule is CCC1(CC)CCN(C(=O)NCCC(=O)O)CC1. The highest BCUT2D eigenvalue weighted by molar-refractivity contribution is 5.75. The van der Waals surface area contributed by atoms with Crippen LogP contribution >= 0.6 is 0 Å². The standard InChI is InChI=1S/C13H24N2O3/c1-3-13(4-2)6-9-15(10-7-13)12(18)14-8-5-11(16)17/h3-10H2,1-2H3,(H,14,18)(H,16,17). The molecule has 0 atom stereocenters. The van der Waals surface area contributed by atoms with Gasteiger partial charge in [-0.2, -0.15) is 0 Å². The van der Waals surface area contributed by atoms with Crippen molar-refractivity contribution in [1.82, 2.24) is 10.2 Å². The maximum atomic E-state index is 11.8. The molecule has 0 aromatic carbocycles. The molecule has 5 heteroatoms. The molecule has 0 saturated carbocycles. The average Bonchev–Trinajstić information content (AvgIpc) is 2.38. The number of amides is 2. The molecule has 1 heterocycles. The van der Waals surface area contributed by atoms with E-state index in [0.717, 1.165) is 38.8 Å². The lowest BCUT2D eigenvalue weighted by Gasteiger charge is -2.40. The molecular weight excluding hydrogens is 232 g/mol. The predicted molar refractivity (Wildman–Crippen MR) is 69.5 cm³/mol. The van der Waals surface area contributed by atoms with E-state index in [-0.39, 0.29) is 19.0 Å². The Morgan fingerprint density at radius 3 is 2.22 bits per heavy atom. The van der Waals surface area contributed by atoms with Gasteiger partial charge in [-0.05, 0) is 18.3 Å². The molecule has 0 spiro atoms. The minimum atomic E-state index is -0.884. The van der Waals surface area contributed by atoms with E-state index in [4.69, 9.17) is 5.11 Å². The Bertz CT molecular complexity index is 291. The van der Waals surface area contributed by atoms with Crippen LogP contribution in [0.1, 0.15) is 46.0 Å². The van der Waals surface area contributed by atoms with Gasteiger partial charge in [0.25, 0.3) is 0 Å². The number of rotatable bonds is 5. The largest absolute Gasteiger partial charge is 0.481 e. The van der Waals surface area contributed by atoms with Gasteiger partial charge in [-0.1, -0.05) is 26.7 Å². The maximum absolute atomic E-state index is 11.8. The van der Waals surface area contributed by atoms with E-state index in [1.807, 2.05) is 0 Å². The van der Waals surface area contributed by atoms with Crippen molar-refractivity contribution in [3.8, 4) is 0 Å². The Kier molecular flexibility index (Phi) is 5.44. The summed E-state index contributed by atoms with van der Waals surface area (Å²) in [6.07, 6.45) is 4.40. The molecule has 2 N–H and O–H groups in total. The molecule has 0 bridgehead atoms. The van der Waals surface area contributed by atoms with Crippen LogP contribution in [0.25, 0.3) is 0 Å². The molecule has 2 amide bonds. The first-order chi connectivity index (χ1) is 8.53. The second-order valence-electron chi connectivity index (χ2n) is 5.07. The van der Waals surface area contributed by atoms with Crippen LogP contribution < -0.4 is 5.32 Å².